The molecule has 1 aromatic heterocycles. The SMILES string of the molecule is CCOc1cc(C=NNc2nc(C)cs2)ccc1OC(F)F. The second kappa shape index (κ2) is 7.69. The zero-order chi connectivity index (χ0) is 15.9. The number of anilines is 1. The van der Waals surface area contributed by atoms with E-state index in [0.29, 0.717) is 17.3 Å². The van der Waals surface area contributed by atoms with E-state index in [1.54, 1.807) is 25.3 Å². The fourth-order valence-corrected chi connectivity index (χ4v) is 2.27. The standard InChI is InChI=1S/C14H15F2N3O2S/c1-3-20-12-6-10(4-5-11(12)21-13(15)16)7-17-19-14-18-9(2)8-22-14/h4-8,13H,3H2,1-2H3,(H,18,19). The predicted octanol–water partition coefficient (Wildman–Crippen LogP) is 3.90. The van der Waals surface area contributed by atoms with Crippen LogP contribution >= 0.6 is 11.3 Å². The lowest BCUT2D eigenvalue weighted by molar-refractivity contribution is -0.0514. The van der Waals surface area contributed by atoms with E-state index in [2.05, 4.69) is 20.2 Å². The van der Waals surface area contributed by atoms with Crippen LogP contribution < -0.4 is 14.9 Å². The first-order chi connectivity index (χ1) is 10.6. The van der Waals surface area contributed by atoms with Gasteiger partial charge in [0, 0.05) is 5.38 Å². The number of hydrogen-bond donors (Lipinski definition) is 1. The maximum Gasteiger partial charge on any atom is 0.387 e. The molecule has 0 unspecified atom stereocenters. The second-order valence-corrected chi connectivity index (χ2v) is 5.04. The number of thiazole rings is 1. The largest absolute Gasteiger partial charge is 0.490 e. The van der Waals surface area contributed by atoms with Gasteiger partial charge in [0.15, 0.2) is 11.5 Å². The first-order valence-corrected chi connectivity index (χ1v) is 7.39. The molecule has 0 saturated heterocycles. The number of rotatable bonds is 7. The summed E-state index contributed by atoms with van der Waals surface area (Å²) in [5.74, 6) is 0.245. The Hall–Kier alpha value is -2.22. The normalized spacial score (nSPS) is 11.1. The summed E-state index contributed by atoms with van der Waals surface area (Å²) in [6.45, 7) is 1.10. The molecule has 1 N–H and O–H groups in total. The lowest BCUT2D eigenvalue weighted by Crippen LogP contribution is -2.05. The van der Waals surface area contributed by atoms with Gasteiger partial charge in [0.1, 0.15) is 0 Å². The summed E-state index contributed by atoms with van der Waals surface area (Å²) in [5, 5.41) is 6.63. The molecule has 2 rings (SSSR count). The van der Waals surface area contributed by atoms with E-state index in [1.165, 1.54) is 17.4 Å². The molecule has 5 nitrogen and oxygen atoms in total. The molecule has 118 valence electrons. The van der Waals surface area contributed by atoms with Gasteiger partial charge in [-0.2, -0.15) is 13.9 Å². The third-order valence-corrected chi connectivity index (χ3v) is 3.34. The molecule has 8 heteroatoms. The quantitative estimate of drug-likeness (QED) is 0.619. The maximum absolute atomic E-state index is 12.3. The molecule has 0 saturated carbocycles. The summed E-state index contributed by atoms with van der Waals surface area (Å²) in [6.07, 6.45) is 1.55. The minimum atomic E-state index is -2.89. The summed E-state index contributed by atoms with van der Waals surface area (Å²) in [6, 6.07) is 4.62. The molecule has 0 aliphatic rings. The number of hydrogen-bond acceptors (Lipinski definition) is 6. The van der Waals surface area contributed by atoms with Crippen molar-refractivity contribution >= 4 is 22.7 Å². The number of alkyl halides is 2. The Morgan fingerprint density at radius 3 is 2.86 bits per heavy atom. The van der Waals surface area contributed by atoms with Crippen LogP contribution in [0.5, 0.6) is 11.5 Å². The van der Waals surface area contributed by atoms with Gasteiger partial charge in [-0.15, -0.1) is 11.3 Å². The van der Waals surface area contributed by atoms with Gasteiger partial charge in [0.2, 0.25) is 5.13 Å². The number of aromatic nitrogens is 1. The van der Waals surface area contributed by atoms with Crippen molar-refractivity contribution in [2.24, 2.45) is 5.10 Å². The van der Waals surface area contributed by atoms with Gasteiger partial charge in [0.05, 0.1) is 18.5 Å². The molecule has 0 spiro atoms. The Morgan fingerprint density at radius 1 is 1.41 bits per heavy atom. The van der Waals surface area contributed by atoms with Gasteiger partial charge in [0.25, 0.3) is 0 Å². The zero-order valence-corrected chi connectivity index (χ0v) is 12.9. The number of nitrogens with one attached hydrogen (secondary N) is 1. The van der Waals surface area contributed by atoms with Crippen molar-refractivity contribution in [1.82, 2.24) is 4.98 Å². The fraction of sp³-hybridized carbons (Fsp3) is 0.286. The number of hydrazone groups is 1. The Kier molecular flexibility index (Phi) is 5.65. The van der Waals surface area contributed by atoms with Crippen LogP contribution in [0.4, 0.5) is 13.9 Å². The average molecular weight is 327 g/mol. The minimum Gasteiger partial charge on any atom is -0.490 e. The second-order valence-electron chi connectivity index (χ2n) is 4.18. The van der Waals surface area contributed by atoms with Gasteiger partial charge >= 0.3 is 6.61 Å². The molecule has 0 aliphatic heterocycles. The van der Waals surface area contributed by atoms with Crippen molar-refractivity contribution in [3.05, 3.63) is 34.8 Å². The molecular weight excluding hydrogens is 312 g/mol. The summed E-state index contributed by atoms with van der Waals surface area (Å²) < 4.78 is 34.3. The van der Waals surface area contributed by atoms with E-state index in [-0.39, 0.29) is 11.5 Å². The van der Waals surface area contributed by atoms with Crippen molar-refractivity contribution in [2.45, 2.75) is 20.5 Å². The number of aryl methyl sites for hydroxylation is 1. The monoisotopic (exact) mass is 327 g/mol. The summed E-state index contributed by atoms with van der Waals surface area (Å²) in [7, 11) is 0. The topological polar surface area (TPSA) is 55.7 Å². The average Bonchev–Trinajstić information content (AvgIpc) is 2.87. The van der Waals surface area contributed by atoms with E-state index in [0.717, 1.165) is 5.69 Å². The Morgan fingerprint density at radius 2 is 2.23 bits per heavy atom. The number of benzene rings is 1. The molecule has 0 fully saturated rings. The van der Waals surface area contributed by atoms with E-state index >= 15 is 0 Å². The van der Waals surface area contributed by atoms with Gasteiger partial charge in [-0.05, 0) is 37.6 Å². The molecule has 0 amide bonds. The molecule has 2 aromatic rings. The highest BCUT2D eigenvalue weighted by molar-refractivity contribution is 7.13. The first kappa shape index (κ1) is 16.2. The van der Waals surface area contributed by atoms with Crippen molar-refractivity contribution in [3.63, 3.8) is 0 Å². The lowest BCUT2D eigenvalue weighted by Gasteiger charge is -2.11. The van der Waals surface area contributed by atoms with Crippen LogP contribution in [0, 0.1) is 6.92 Å². The van der Waals surface area contributed by atoms with Crippen LogP contribution in [0.2, 0.25) is 0 Å². The molecule has 0 atom stereocenters. The van der Waals surface area contributed by atoms with Crippen LogP contribution in [0.15, 0.2) is 28.7 Å². The minimum absolute atomic E-state index is 0.00231. The van der Waals surface area contributed by atoms with Gasteiger partial charge in [-0.3, -0.25) is 5.43 Å². The van der Waals surface area contributed by atoms with Gasteiger partial charge in [-0.1, -0.05) is 0 Å². The third kappa shape index (κ3) is 4.66. The first-order valence-electron chi connectivity index (χ1n) is 6.51. The molecule has 1 heterocycles. The van der Waals surface area contributed by atoms with Crippen LogP contribution in [-0.2, 0) is 0 Å². The van der Waals surface area contributed by atoms with Crippen molar-refractivity contribution in [2.75, 3.05) is 12.0 Å². The van der Waals surface area contributed by atoms with Crippen molar-refractivity contribution < 1.29 is 18.3 Å². The summed E-state index contributed by atoms with van der Waals surface area (Å²) in [4.78, 5) is 4.20. The van der Waals surface area contributed by atoms with E-state index in [4.69, 9.17) is 4.74 Å². The van der Waals surface area contributed by atoms with Gasteiger partial charge < -0.3 is 9.47 Å². The van der Waals surface area contributed by atoms with Crippen LogP contribution in [0.3, 0.4) is 0 Å². The predicted molar refractivity (Wildman–Crippen MR) is 82.3 cm³/mol. The van der Waals surface area contributed by atoms with Crippen molar-refractivity contribution in [1.29, 1.82) is 0 Å². The lowest BCUT2D eigenvalue weighted by atomic mass is 10.2. The Balaban J connectivity index is 2.08. The molecule has 22 heavy (non-hydrogen) atoms. The number of halogens is 2. The molecular formula is C14H15F2N3O2S. The van der Waals surface area contributed by atoms with Crippen molar-refractivity contribution in [3.8, 4) is 11.5 Å². The molecule has 1 aromatic carbocycles. The molecule has 0 bridgehead atoms. The highest BCUT2D eigenvalue weighted by Crippen LogP contribution is 2.29. The Bertz CT molecular complexity index is 647. The fourth-order valence-electron chi connectivity index (χ4n) is 1.63. The van der Waals surface area contributed by atoms with Gasteiger partial charge in [-0.25, -0.2) is 4.98 Å². The molecule has 0 radical (unpaired) electrons. The smallest absolute Gasteiger partial charge is 0.387 e. The summed E-state index contributed by atoms with van der Waals surface area (Å²) in [5.41, 5.74) is 4.39. The number of nitrogens with zero attached hydrogens (tertiary/aromatic N) is 2. The van der Waals surface area contributed by atoms with Crippen LogP contribution in [0.1, 0.15) is 18.2 Å². The molecule has 0 aliphatic carbocycles. The van der Waals surface area contributed by atoms with E-state index in [9.17, 15) is 8.78 Å². The number of ether oxygens (including phenoxy) is 2. The van der Waals surface area contributed by atoms with Crippen LogP contribution in [-0.4, -0.2) is 24.4 Å². The Labute approximate surface area is 130 Å². The highest BCUT2D eigenvalue weighted by Gasteiger charge is 2.11. The zero-order valence-electron chi connectivity index (χ0n) is 12.0. The summed E-state index contributed by atoms with van der Waals surface area (Å²) >= 11 is 1.44. The third-order valence-electron chi connectivity index (χ3n) is 2.48. The van der Waals surface area contributed by atoms with E-state index < -0.39 is 6.61 Å². The highest BCUT2D eigenvalue weighted by atomic mass is 32.1. The maximum atomic E-state index is 12.3. The van der Waals surface area contributed by atoms with Crippen LogP contribution in [0.25, 0.3) is 0 Å². The van der Waals surface area contributed by atoms with E-state index in [1.807, 2.05) is 12.3 Å².